The summed E-state index contributed by atoms with van der Waals surface area (Å²) in [6, 6.07) is 6.56. The Hall–Kier alpha value is -2.03. The van der Waals surface area contributed by atoms with Crippen LogP contribution < -0.4 is 4.74 Å². The quantitative estimate of drug-likeness (QED) is 0.728. The maximum absolute atomic E-state index is 11.5. The standard InChI is InChI=1S/C22H26O3/c1-13-11-15-12-16(24-4)5-6-17(15)18-9-10-22(3)19(21(13)18)7-8-20(22)25-14(2)23/h5-8,12-13,18,21H,9-11H2,1-4H3/t13-,18?,21?,22?/m1/s1. The van der Waals surface area contributed by atoms with Gasteiger partial charge in [-0.25, -0.2) is 0 Å². The maximum Gasteiger partial charge on any atom is 0.307 e. The molecular weight excluding hydrogens is 312 g/mol. The van der Waals surface area contributed by atoms with Crippen LogP contribution in [0, 0.1) is 17.3 Å². The fraction of sp³-hybridized carbons (Fsp3) is 0.500. The van der Waals surface area contributed by atoms with Crippen LogP contribution in [-0.4, -0.2) is 13.1 Å². The number of methoxy groups -OCH3 is 1. The number of rotatable bonds is 2. The van der Waals surface area contributed by atoms with Gasteiger partial charge in [-0.15, -0.1) is 0 Å². The number of ether oxygens (including phenoxy) is 2. The highest BCUT2D eigenvalue weighted by atomic mass is 16.5. The molecule has 0 radical (unpaired) electrons. The molecule has 0 amide bonds. The van der Waals surface area contributed by atoms with E-state index in [0.29, 0.717) is 17.8 Å². The van der Waals surface area contributed by atoms with Crippen LogP contribution in [0.25, 0.3) is 0 Å². The van der Waals surface area contributed by atoms with Gasteiger partial charge in [-0.2, -0.15) is 0 Å². The predicted octanol–water partition coefficient (Wildman–Crippen LogP) is 4.77. The van der Waals surface area contributed by atoms with Crippen LogP contribution in [0.5, 0.6) is 5.75 Å². The molecule has 0 aromatic heterocycles. The molecule has 0 saturated heterocycles. The molecule has 0 bridgehead atoms. The highest BCUT2D eigenvalue weighted by molar-refractivity contribution is 5.68. The first-order chi connectivity index (χ1) is 11.9. The highest BCUT2D eigenvalue weighted by Crippen LogP contribution is 2.60. The van der Waals surface area contributed by atoms with Crippen molar-refractivity contribution in [3.63, 3.8) is 0 Å². The van der Waals surface area contributed by atoms with Gasteiger partial charge in [0.25, 0.3) is 0 Å². The van der Waals surface area contributed by atoms with E-state index >= 15 is 0 Å². The summed E-state index contributed by atoms with van der Waals surface area (Å²) in [5.41, 5.74) is 4.25. The summed E-state index contributed by atoms with van der Waals surface area (Å²) in [6.45, 7) is 6.09. The summed E-state index contributed by atoms with van der Waals surface area (Å²) >= 11 is 0. The molecule has 3 aliphatic carbocycles. The van der Waals surface area contributed by atoms with Crippen molar-refractivity contribution in [2.75, 3.05) is 7.11 Å². The number of benzene rings is 1. The molecule has 1 fully saturated rings. The van der Waals surface area contributed by atoms with E-state index in [2.05, 4.69) is 38.1 Å². The molecule has 3 nitrogen and oxygen atoms in total. The van der Waals surface area contributed by atoms with E-state index in [9.17, 15) is 4.79 Å². The van der Waals surface area contributed by atoms with Crippen molar-refractivity contribution in [2.45, 2.75) is 46.0 Å². The molecule has 1 aromatic rings. The fourth-order valence-corrected chi connectivity index (χ4v) is 5.34. The molecule has 1 aromatic carbocycles. The molecule has 3 unspecified atom stereocenters. The summed E-state index contributed by atoms with van der Waals surface area (Å²) in [7, 11) is 1.73. The normalized spacial score (nSPS) is 32.7. The van der Waals surface area contributed by atoms with Gasteiger partial charge in [0.15, 0.2) is 0 Å². The Bertz CT molecular complexity index is 788. The third-order valence-corrected chi connectivity index (χ3v) is 6.50. The largest absolute Gasteiger partial charge is 0.497 e. The van der Waals surface area contributed by atoms with Crippen molar-refractivity contribution in [3.8, 4) is 5.75 Å². The number of hydrogen-bond donors (Lipinski definition) is 0. The molecule has 3 heteroatoms. The van der Waals surface area contributed by atoms with Gasteiger partial charge >= 0.3 is 5.97 Å². The minimum absolute atomic E-state index is 0.120. The lowest BCUT2D eigenvalue weighted by Gasteiger charge is -2.49. The molecule has 25 heavy (non-hydrogen) atoms. The third kappa shape index (κ3) is 2.44. The van der Waals surface area contributed by atoms with Crippen LogP contribution in [-0.2, 0) is 16.0 Å². The van der Waals surface area contributed by atoms with Crippen molar-refractivity contribution in [1.29, 1.82) is 0 Å². The second kappa shape index (κ2) is 5.76. The first-order valence-electron chi connectivity index (χ1n) is 9.22. The summed E-state index contributed by atoms with van der Waals surface area (Å²) in [4.78, 5) is 11.5. The van der Waals surface area contributed by atoms with Gasteiger partial charge in [-0.1, -0.05) is 24.6 Å². The number of esters is 1. The van der Waals surface area contributed by atoms with Crippen molar-refractivity contribution >= 4 is 5.97 Å². The van der Waals surface area contributed by atoms with Gasteiger partial charge in [-0.05, 0) is 73.3 Å². The summed E-state index contributed by atoms with van der Waals surface area (Å²) in [5.74, 6) is 3.20. The SMILES string of the molecule is COc1ccc2c(c1)C[C@@H](C)C1C3=CC=C(OC(C)=O)C3(C)CCC21. The lowest BCUT2D eigenvalue weighted by Crippen LogP contribution is -2.40. The summed E-state index contributed by atoms with van der Waals surface area (Å²) < 4.78 is 11.0. The van der Waals surface area contributed by atoms with E-state index in [1.54, 1.807) is 7.11 Å². The highest BCUT2D eigenvalue weighted by Gasteiger charge is 2.51. The van der Waals surface area contributed by atoms with Crippen LogP contribution in [0.2, 0.25) is 0 Å². The van der Waals surface area contributed by atoms with Crippen molar-refractivity contribution in [3.05, 3.63) is 52.8 Å². The predicted molar refractivity (Wildman–Crippen MR) is 97.4 cm³/mol. The van der Waals surface area contributed by atoms with Crippen molar-refractivity contribution in [2.24, 2.45) is 17.3 Å². The Morgan fingerprint density at radius 2 is 2.08 bits per heavy atom. The molecule has 4 atom stereocenters. The van der Waals surface area contributed by atoms with Crippen molar-refractivity contribution < 1.29 is 14.3 Å². The Morgan fingerprint density at radius 3 is 2.80 bits per heavy atom. The topological polar surface area (TPSA) is 35.5 Å². The molecule has 0 heterocycles. The number of allylic oxidation sites excluding steroid dienone is 3. The lowest BCUT2D eigenvalue weighted by atomic mass is 9.55. The monoisotopic (exact) mass is 338 g/mol. The van der Waals surface area contributed by atoms with Gasteiger partial charge in [0.2, 0.25) is 0 Å². The second-order valence-electron chi connectivity index (χ2n) is 8.00. The molecule has 0 aliphatic heterocycles. The van der Waals surface area contributed by atoms with E-state index in [4.69, 9.17) is 9.47 Å². The Balaban J connectivity index is 1.70. The Morgan fingerprint density at radius 1 is 1.28 bits per heavy atom. The minimum Gasteiger partial charge on any atom is -0.497 e. The minimum atomic E-state index is -0.224. The van der Waals surface area contributed by atoms with Gasteiger partial charge in [0, 0.05) is 12.3 Å². The van der Waals surface area contributed by atoms with E-state index in [1.165, 1.54) is 23.6 Å². The second-order valence-corrected chi connectivity index (χ2v) is 8.00. The molecule has 0 spiro atoms. The molecule has 4 rings (SSSR count). The zero-order valence-corrected chi connectivity index (χ0v) is 15.5. The van der Waals surface area contributed by atoms with Crippen LogP contribution in [0.3, 0.4) is 0 Å². The average molecular weight is 338 g/mol. The lowest BCUT2D eigenvalue weighted by molar-refractivity contribution is -0.138. The van der Waals surface area contributed by atoms with E-state index < -0.39 is 0 Å². The summed E-state index contributed by atoms with van der Waals surface area (Å²) in [6.07, 6.45) is 7.47. The molecule has 132 valence electrons. The first kappa shape index (κ1) is 16.4. The fourth-order valence-electron chi connectivity index (χ4n) is 5.34. The summed E-state index contributed by atoms with van der Waals surface area (Å²) in [5, 5.41) is 0. The smallest absolute Gasteiger partial charge is 0.307 e. The van der Waals surface area contributed by atoms with Crippen LogP contribution in [0.15, 0.2) is 41.7 Å². The maximum atomic E-state index is 11.5. The van der Waals surface area contributed by atoms with Gasteiger partial charge in [0.1, 0.15) is 11.5 Å². The average Bonchev–Trinajstić information content (AvgIpc) is 2.90. The van der Waals surface area contributed by atoms with Gasteiger partial charge in [0.05, 0.1) is 7.11 Å². The zero-order chi connectivity index (χ0) is 17.8. The molecular formula is C22H26O3. The van der Waals surface area contributed by atoms with Gasteiger partial charge < -0.3 is 9.47 Å². The molecule has 0 N–H and O–H groups in total. The van der Waals surface area contributed by atoms with E-state index in [-0.39, 0.29) is 11.4 Å². The number of carbonyl (C=O) groups is 1. The van der Waals surface area contributed by atoms with E-state index in [0.717, 1.165) is 30.8 Å². The van der Waals surface area contributed by atoms with Crippen LogP contribution >= 0.6 is 0 Å². The van der Waals surface area contributed by atoms with Gasteiger partial charge in [-0.3, -0.25) is 4.79 Å². The number of hydrogen-bond acceptors (Lipinski definition) is 3. The molecule has 3 aliphatic rings. The molecule has 1 saturated carbocycles. The van der Waals surface area contributed by atoms with E-state index in [1.807, 2.05) is 6.08 Å². The van der Waals surface area contributed by atoms with Crippen LogP contribution in [0.4, 0.5) is 0 Å². The van der Waals surface area contributed by atoms with Crippen LogP contribution in [0.1, 0.15) is 50.7 Å². The Labute approximate surface area is 149 Å². The number of fused-ring (bicyclic) bond motifs is 5. The zero-order valence-electron chi connectivity index (χ0n) is 15.5. The third-order valence-electron chi connectivity index (χ3n) is 6.50. The van der Waals surface area contributed by atoms with Crippen molar-refractivity contribution in [1.82, 2.24) is 0 Å². The number of carbonyl (C=O) groups excluding carboxylic acids is 1. The Kier molecular flexibility index (Phi) is 3.78. The first-order valence-corrected chi connectivity index (χ1v) is 9.22.